The Morgan fingerprint density at radius 3 is 2.75 bits per heavy atom. The van der Waals surface area contributed by atoms with Crippen molar-refractivity contribution in [2.75, 3.05) is 0 Å². The van der Waals surface area contributed by atoms with Crippen molar-refractivity contribution in [1.82, 2.24) is 4.98 Å². The molecule has 0 aliphatic heterocycles. The Labute approximate surface area is 117 Å². The van der Waals surface area contributed by atoms with Crippen molar-refractivity contribution in [3.05, 3.63) is 46.8 Å². The number of aromatic amines is 1. The number of H-pyrrole nitrogens is 1. The average Bonchev–Trinajstić information content (AvgIpc) is 2.75. The standard InChI is InChI=1S/C17H16FN2/c1-10-11(2)20-17-13(9-19)8-14(18)16(15(10)17)12-6-4-3-5-7-12/h4,7-8,20H,3,5-6H2,1-2H3. The van der Waals surface area contributed by atoms with Crippen LogP contribution in [0, 0.1) is 37.4 Å². The zero-order valence-electron chi connectivity index (χ0n) is 11.7. The summed E-state index contributed by atoms with van der Waals surface area (Å²) in [6.07, 6.45) is 7.11. The smallest absolute Gasteiger partial charge is 0.132 e. The van der Waals surface area contributed by atoms with Gasteiger partial charge in [0.05, 0.1) is 11.1 Å². The maximum atomic E-state index is 14.5. The summed E-state index contributed by atoms with van der Waals surface area (Å²) in [5.74, 6) is -0.294. The second kappa shape index (κ2) is 4.79. The molecule has 1 aliphatic carbocycles. The van der Waals surface area contributed by atoms with E-state index >= 15 is 0 Å². The predicted octanol–water partition coefficient (Wildman–Crippen LogP) is 4.57. The van der Waals surface area contributed by atoms with Crippen LogP contribution in [-0.4, -0.2) is 4.98 Å². The summed E-state index contributed by atoms with van der Waals surface area (Å²) in [5.41, 5.74) is 4.84. The molecule has 2 aromatic rings. The van der Waals surface area contributed by atoms with E-state index in [0.29, 0.717) is 11.1 Å². The maximum Gasteiger partial charge on any atom is 0.132 e. The molecule has 0 atom stereocenters. The highest BCUT2D eigenvalue weighted by Crippen LogP contribution is 2.37. The number of allylic oxidation sites excluding steroid dienone is 2. The number of halogens is 1. The number of benzene rings is 1. The predicted molar refractivity (Wildman–Crippen MR) is 78.6 cm³/mol. The number of hydrogen-bond acceptors (Lipinski definition) is 1. The van der Waals surface area contributed by atoms with Crippen LogP contribution in [0.3, 0.4) is 0 Å². The zero-order chi connectivity index (χ0) is 14.3. The summed E-state index contributed by atoms with van der Waals surface area (Å²) in [6.45, 7) is 3.94. The molecule has 3 heteroatoms. The normalized spacial score (nSPS) is 15.2. The maximum absolute atomic E-state index is 14.5. The Morgan fingerprint density at radius 1 is 1.30 bits per heavy atom. The van der Waals surface area contributed by atoms with Crippen molar-refractivity contribution in [1.29, 1.82) is 5.26 Å². The molecule has 0 saturated carbocycles. The number of nitrogens with zero attached hydrogens (tertiary/aromatic N) is 1. The lowest BCUT2D eigenvalue weighted by molar-refractivity contribution is 0.624. The number of aryl methyl sites for hydroxylation is 2. The lowest BCUT2D eigenvalue weighted by Crippen LogP contribution is -1.98. The number of aromatic nitrogens is 1. The lowest BCUT2D eigenvalue weighted by Gasteiger charge is -2.15. The molecule has 0 saturated heterocycles. The molecular weight excluding hydrogens is 251 g/mol. The van der Waals surface area contributed by atoms with E-state index in [9.17, 15) is 9.65 Å². The van der Waals surface area contributed by atoms with Crippen LogP contribution >= 0.6 is 0 Å². The van der Waals surface area contributed by atoms with Crippen molar-refractivity contribution >= 4 is 16.5 Å². The molecule has 1 aliphatic rings. The Kier molecular flexibility index (Phi) is 3.10. The van der Waals surface area contributed by atoms with Crippen molar-refractivity contribution in [2.24, 2.45) is 0 Å². The average molecular weight is 267 g/mol. The van der Waals surface area contributed by atoms with Gasteiger partial charge in [-0.3, -0.25) is 0 Å². The Balaban J connectivity index is 2.40. The highest BCUT2D eigenvalue weighted by Gasteiger charge is 2.20. The van der Waals surface area contributed by atoms with Crippen molar-refractivity contribution in [2.45, 2.75) is 33.1 Å². The molecule has 101 valence electrons. The Bertz CT molecular complexity index is 760. The first-order valence-corrected chi connectivity index (χ1v) is 6.86. The molecule has 0 unspecified atom stereocenters. The molecular formula is C17H16FN2. The SMILES string of the molecule is Cc1[nH]c2c(C#N)cc(F)c(C3=CCC[CH]C3)c2c1C. The van der Waals surface area contributed by atoms with Gasteiger partial charge in [-0.15, -0.1) is 0 Å². The van der Waals surface area contributed by atoms with Gasteiger partial charge in [0.15, 0.2) is 0 Å². The van der Waals surface area contributed by atoms with Crippen molar-refractivity contribution in [3.63, 3.8) is 0 Å². The minimum atomic E-state index is -0.294. The number of hydrogen-bond donors (Lipinski definition) is 1. The summed E-state index contributed by atoms with van der Waals surface area (Å²) in [4.78, 5) is 3.23. The van der Waals surface area contributed by atoms with Crippen LogP contribution in [-0.2, 0) is 0 Å². The third kappa shape index (κ3) is 1.84. The number of rotatable bonds is 1. The molecule has 1 aromatic carbocycles. The van der Waals surface area contributed by atoms with Gasteiger partial charge >= 0.3 is 0 Å². The van der Waals surface area contributed by atoms with E-state index in [-0.39, 0.29) is 5.82 Å². The van der Waals surface area contributed by atoms with Crippen molar-refractivity contribution < 1.29 is 4.39 Å². The summed E-state index contributed by atoms with van der Waals surface area (Å²) < 4.78 is 14.5. The highest BCUT2D eigenvalue weighted by molar-refractivity contribution is 5.98. The van der Waals surface area contributed by atoms with Crippen LogP contribution in [0.15, 0.2) is 12.1 Å². The number of fused-ring (bicyclic) bond motifs is 1. The second-order valence-corrected chi connectivity index (χ2v) is 5.32. The largest absolute Gasteiger partial charge is 0.357 e. The van der Waals surface area contributed by atoms with Gasteiger partial charge < -0.3 is 4.98 Å². The Morgan fingerprint density at radius 2 is 2.10 bits per heavy atom. The molecule has 1 aromatic heterocycles. The van der Waals surface area contributed by atoms with Gasteiger partial charge in [0.1, 0.15) is 11.9 Å². The molecule has 0 fully saturated rings. The van der Waals surface area contributed by atoms with Crippen molar-refractivity contribution in [3.8, 4) is 6.07 Å². The lowest BCUT2D eigenvalue weighted by atomic mass is 9.89. The van der Waals surface area contributed by atoms with Gasteiger partial charge in [-0.1, -0.05) is 6.08 Å². The molecule has 0 bridgehead atoms. The molecule has 0 amide bonds. The highest BCUT2D eigenvalue weighted by atomic mass is 19.1. The van der Waals surface area contributed by atoms with Crippen LogP contribution in [0.25, 0.3) is 16.5 Å². The number of nitriles is 1. The first-order valence-electron chi connectivity index (χ1n) is 6.86. The third-order valence-corrected chi connectivity index (χ3v) is 4.10. The topological polar surface area (TPSA) is 39.6 Å². The van der Waals surface area contributed by atoms with Gasteiger partial charge in [-0.05, 0) is 56.7 Å². The number of nitrogens with one attached hydrogen (secondary N) is 1. The fraction of sp³-hybridized carbons (Fsp3) is 0.294. The summed E-state index contributed by atoms with van der Waals surface area (Å²) in [7, 11) is 0. The van der Waals surface area contributed by atoms with E-state index < -0.39 is 0 Å². The van der Waals surface area contributed by atoms with E-state index in [0.717, 1.165) is 47.0 Å². The molecule has 1 N–H and O–H groups in total. The van der Waals surface area contributed by atoms with Crippen LogP contribution in [0.2, 0.25) is 0 Å². The zero-order valence-corrected chi connectivity index (χ0v) is 11.7. The van der Waals surface area contributed by atoms with E-state index in [2.05, 4.69) is 23.6 Å². The minimum Gasteiger partial charge on any atom is -0.357 e. The second-order valence-electron chi connectivity index (χ2n) is 5.32. The van der Waals surface area contributed by atoms with Gasteiger partial charge in [0.25, 0.3) is 0 Å². The third-order valence-electron chi connectivity index (χ3n) is 4.10. The van der Waals surface area contributed by atoms with Gasteiger partial charge in [0.2, 0.25) is 0 Å². The molecule has 1 radical (unpaired) electrons. The quantitative estimate of drug-likeness (QED) is 0.807. The van der Waals surface area contributed by atoms with Gasteiger partial charge in [-0.25, -0.2) is 4.39 Å². The molecule has 20 heavy (non-hydrogen) atoms. The fourth-order valence-corrected chi connectivity index (χ4v) is 2.95. The van der Waals surface area contributed by atoms with Crippen LogP contribution in [0.1, 0.15) is 41.6 Å². The summed E-state index contributed by atoms with van der Waals surface area (Å²) in [5, 5.41) is 10.1. The first-order chi connectivity index (χ1) is 9.63. The minimum absolute atomic E-state index is 0.294. The van der Waals surface area contributed by atoms with E-state index in [1.54, 1.807) is 0 Å². The van der Waals surface area contributed by atoms with Gasteiger partial charge in [-0.2, -0.15) is 5.26 Å². The molecule has 2 nitrogen and oxygen atoms in total. The van der Waals surface area contributed by atoms with Crippen LogP contribution in [0.5, 0.6) is 0 Å². The summed E-state index contributed by atoms with van der Waals surface area (Å²) >= 11 is 0. The van der Waals surface area contributed by atoms with Crippen LogP contribution < -0.4 is 0 Å². The Hall–Kier alpha value is -2.08. The first kappa shape index (κ1) is 12.9. The monoisotopic (exact) mass is 267 g/mol. The van der Waals surface area contributed by atoms with Gasteiger partial charge in [0, 0.05) is 16.6 Å². The van der Waals surface area contributed by atoms with E-state index in [1.807, 2.05) is 13.8 Å². The van der Waals surface area contributed by atoms with E-state index in [4.69, 9.17) is 0 Å². The molecule has 0 spiro atoms. The molecule has 1 heterocycles. The molecule has 3 rings (SSSR count). The fourth-order valence-electron chi connectivity index (χ4n) is 2.95. The summed E-state index contributed by atoms with van der Waals surface area (Å²) in [6, 6.07) is 3.43. The van der Waals surface area contributed by atoms with Crippen LogP contribution in [0.4, 0.5) is 4.39 Å². The van der Waals surface area contributed by atoms with E-state index in [1.165, 1.54) is 6.07 Å².